The number of alkyl carbamates (subject to hydrolysis) is 1. The third kappa shape index (κ3) is 5.60. The molecule has 1 unspecified atom stereocenters. The molecular weight excluding hydrogens is 594 g/mol. The number of carbonyl (C=O) groups is 3. The van der Waals surface area contributed by atoms with Gasteiger partial charge in [0.15, 0.2) is 0 Å². The Kier molecular flexibility index (Phi) is 8.09. The Hall–Kier alpha value is -4.19. The number of cyclic esters (lactones) is 1. The average Bonchev–Trinajstić information content (AvgIpc) is 3.30. The van der Waals surface area contributed by atoms with Gasteiger partial charge >= 0.3 is 18.0 Å². The molecular formula is C33H41N3O8Si. The molecule has 0 radical (unpaired) electrons. The molecule has 0 aliphatic carbocycles. The molecule has 4 heterocycles. The number of ether oxygens (including phenoxy) is 3. The van der Waals surface area contributed by atoms with Gasteiger partial charge in [0.25, 0.3) is 5.56 Å². The van der Waals surface area contributed by atoms with E-state index in [1.807, 2.05) is 0 Å². The van der Waals surface area contributed by atoms with Crippen LogP contribution in [0.3, 0.4) is 0 Å². The van der Waals surface area contributed by atoms with E-state index in [-0.39, 0.29) is 55.0 Å². The fourth-order valence-electron chi connectivity index (χ4n) is 6.08. The molecule has 12 heteroatoms. The van der Waals surface area contributed by atoms with E-state index in [1.54, 1.807) is 56.5 Å². The van der Waals surface area contributed by atoms with Crippen LogP contribution in [0.5, 0.6) is 5.75 Å². The minimum absolute atomic E-state index is 0.0305. The van der Waals surface area contributed by atoms with E-state index in [1.165, 1.54) is 0 Å². The van der Waals surface area contributed by atoms with Crippen molar-refractivity contribution in [2.45, 2.75) is 97.4 Å². The predicted octanol–water partition coefficient (Wildman–Crippen LogP) is 4.58. The molecule has 2 aromatic heterocycles. The summed E-state index contributed by atoms with van der Waals surface area (Å²) in [6, 6.07) is 6.86. The summed E-state index contributed by atoms with van der Waals surface area (Å²) in [6.45, 7) is 15.8. The topological polar surface area (TPSA) is 146 Å². The summed E-state index contributed by atoms with van der Waals surface area (Å²) >= 11 is 0. The fraction of sp³-hybridized carbons (Fsp3) is 0.485. The Morgan fingerprint density at radius 3 is 2.53 bits per heavy atom. The lowest BCUT2D eigenvalue weighted by Gasteiger charge is -2.35. The molecule has 0 saturated heterocycles. The van der Waals surface area contributed by atoms with Gasteiger partial charge in [0.2, 0.25) is 5.60 Å². The number of amides is 1. The highest BCUT2D eigenvalue weighted by Gasteiger charge is 2.50. The summed E-state index contributed by atoms with van der Waals surface area (Å²) in [4.78, 5) is 57.5. The minimum Gasteiger partial charge on any atom is -0.508 e. The molecule has 0 bridgehead atoms. The van der Waals surface area contributed by atoms with Crippen molar-refractivity contribution in [3.8, 4) is 17.1 Å². The van der Waals surface area contributed by atoms with Crippen molar-refractivity contribution in [3.05, 3.63) is 51.3 Å². The number of pyridine rings is 2. The van der Waals surface area contributed by atoms with Gasteiger partial charge in [0.05, 0.1) is 43.5 Å². The zero-order chi connectivity index (χ0) is 33.1. The SMILES string of the molecule is CCC1(OC(=O)CCNC(=O)OC(C)(C)C)C(=O)OCc2c1cc1n(c2=O)Cc2c-1nc1ccc(O)cc1c2[Si](C)(C)C(C)C. The number of fused-ring (bicyclic) bond motifs is 5. The first-order chi connectivity index (χ1) is 21.0. The Morgan fingerprint density at radius 2 is 1.89 bits per heavy atom. The molecule has 1 aromatic carbocycles. The van der Waals surface area contributed by atoms with Crippen molar-refractivity contribution in [3.63, 3.8) is 0 Å². The van der Waals surface area contributed by atoms with Gasteiger partial charge in [0.1, 0.15) is 18.0 Å². The van der Waals surface area contributed by atoms with Crippen LogP contribution >= 0.6 is 0 Å². The molecule has 0 saturated carbocycles. The summed E-state index contributed by atoms with van der Waals surface area (Å²) in [6.07, 6.45) is -0.874. The van der Waals surface area contributed by atoms with Crippen LogP contribution in [0.25, 0.3) is 22.3 Å². The third-order valence-electron chi connectivity index (χ3n) is 9.01. The number of aromatic hydroxyl groups is 1. The number of carbonyl (C=O) groups excluding carboxylic acids is 3. The highest BCUT2D eigenvalue weighted by Crippen LogP contribution is 2.42. The predicted molar refractivity (Wildman–Crippen MR) is 171 cm³/mol. The van der Waals surface area contributed by atoms with Crippen molar-refractivity contribution in [1.82, 2.24) is 14.9 Å². The maximum absolute atomic E-state index is 14.1. The molecule has 2 aliphatic heterocycles. The zero-order valence-corrected chi connectivity index (χ0v) is 28.1. The number of esters is 2. The van der Waals surface area contributed by atoms with Crippen LogP contribution in [0.1, 0.15) is 71.1 Å². The lowest BCUT2D eigenvalue weighted by Crippen LogP contribution is -2.48. The molecule has 1 atom stereocenters. The lowest BCUT2D eigenvalue weighted by atomic mass is 9.85. The Bertz CT molecular complexity index is 1790. The largest absolute Gasteiger partial charge is 0.508 e. The van der Waals surface area contributed by atoms with Gasteiger partial charge in [0, 0.05) is 17.5 Å². The molecule has 2 N–H and O–H groups in total. The molecule has 0 fully saturated rings. The van der Waals surface area contributed by atoms with Gasteiger partial charge < -0.3 is 29.2 Å². The van der Waals surface area contributed by atoms with E-state index >= 15 is 0 Å². The van der Waals surface area contributed by atoms with E-state index in [9.17, 15) is 24.3 Å². The van der Waals surface area contributed by atoms with E-state index in [0.717, 1.165) is 16.1 Å². The van der Waals surface area contributed by atoms with Crippen molar-refractivity contribution in [1.29, 1.82) is 0 Å². The van der Waals surface area contributed by atoms with Crippen molar-refractivity contribution < 1.29 is 33.7 Å². The number of phenolic OH excluding ortho intramolecular Hbond substituents is 1. The lowest BCUT2D eigenvalue weighted by molar-refractivity contribution is -0.189. The molecule has 11 nitrogen and oxygen atoms in total. The molecule has 0 spiro atoms. The highest BCUT2D eigenvalue weighted by molar-refractivity contribution is 6.92. The first kappa shape index (κ1) is 32.2. The van der Waals surface area contributed by atoms with Gasteiger partial charge in [-0.05, 0) is 67.7 Å². The van der Waals surface area contributed by atoms with Crippen LogP contribution in [0.15, 0.2) is 29.1 Å². The number of phenols is 1. The van der Waals surface area contributed by atoms with Crippen molar-refractivity contribution in [2.24, 2.45) is 0 Å². The second-order valence-electron chi connectivity index (χ2n) is 13.6. The maximum Gasteiger partial charge on any atom is 0.407 e. The number of hydrogen-bond donors (Lipinski definition) is 2. The second-order valence-corrected chi connectivity index (χ2v) is 18.7. The molecule has 240 valence electrons. The van der Waals surface area contributed by atoms with Gasteiger partial charge in [-0.2, -0.15) is 0 Å². The van der Waals surface area contributed by atoms with Gasteiger partial charge in [-0.1, -0.05) is 33.9 Å². The smallest absolute Gasteiger partial charge is 0.407 e. The number of hydrogen-bond acceptors (Lipinski definition) is 9. The quantitative estimate of drug-likeness (QED) is 0.169. The molecule has 1 amide bonds. The first-order valence-corrected chi connectivity index (χ1v) is 18.4. The summed E-state index contributed by atoms with van der Waals surface area (Å²) in [5.41, 5.74) is 0.812. The highest BCUT2D eigenvalue weighted by atomic mass is 28.3. The Morgan fingerprint density at radius 1 is 1.18 bits per heavy atom. The van der Waals surface area contributed by atoms with Gasteiger partial charge in [-0.25, -0.2) is 14.6 Å². The first-order valence-electron chi connectivity index (χ1n) is 15.3. The number of aromatic nitrogens is 2. The molecule has 2 aliphatic rings. The van der Waals surface area contributed by atoms with Gasteiger partial charge in [-0.3, -0.25) is 9.59 Å². The van der Waals surface area contributed by atoms with Crippen LogP contribution in [-0.4, -0.2) is 52.9 Å². The van der Waals surface area contributed by atoms with Crippen LogP contribution in [0.2, 0.25) is 18.6 Å². The Balaban J connectivity index is 1.58. The number of nitrogens with one attached hydrogen (secondary N) is 1. The summed E-state index contributed by atoms with van der Waals surface area (Å²) in [7, 11) is -2.15. The second kappa shape index (κ2) is 11.3. The third-order valence-corrected chi connectivity index (χ3v) is 13.8. The summed E-state index contributed by atoms with van der Waals surface area (Å²) < 4.78 is 18.2. The van der Waals surface area contributed by atoms with Crippen LogP contribution < -0.4 is 16.1 Å². The Labute approximate surface area is 262 Å². The summed E-state index contributed by atoms with van der Waals surface area (Å²) in [5.74, 6) is -1.35. The van der Waals surface area contributed by atoms with E-state index in [2.05, 4.69) is 32.3 Å². The molecule has 45 heavy (non-hydrogen) atoms. The van der Waals surface area contributed by atoms with Crippen LogP contribution in [0.4, 0.5) is 4.79 Å². The summed E-state index contributed by atoms with van der Waals surface area (Å²) in [5, 5.41) is 14.9. The minimum atomic E-state index is -2.15. The fourth-order valence-corrected chi connectivity index (χ4v) is 8.52. The van der Waals surface area contributed by atoms with E-state index in [0.29, 0.717) is 22.4 Å². The van der Waals surface area contributed by atoms with Crippen LogP contribution in [0, 0.1) is 0 Å². The number of benzene rings is 1. The van der Waals surface area contributed by atoms with Crippen molar-refractivity contribution in [2.75, 3.05) is 6.54 Å². The zero-order valence-electron chi connectivity index (χ0n) is 27.1. The van der Waals surface area contributed by atoms with Gasteiger partial charge in [-0.15, -0.1) is 0 Å². The molecule has 5 rings (SSSR count). The molecule has 3 aromatic rings. The van der Waals surface area contributed by atoms with E-state index < -0.39 is 37.3 Å². The van der Waals surface area contributed by atoms with Crippen LogP contribution in [-0.2, 0) is 42.6 Å². The maximum atomic E-state index is 14.1. The van der Waals surface area contributed by atoms with E-state index in [4.69, 9.17) is 19.2 Å². The monoisotopic (exact) mass is 635 g/mol. The number of rotatable bonds is 7. The number of nitrogens with zero attached hydrogens (tertiary/aromatic N) is 2. The standard InChI is InChI=1S/C33H41N3O8Si/c1-9-33(43-26(38)12-13-34-31(41)44-32(4,5)6)23-15-25-27-21(16-36(25)29(39)22(23)17-42-30(33)40)28(45(7,8)18(2)3)20-14-19(37)10-11-24(20)35-27/h10-11,14-15,18,37H,9,12-13,16-17H2,1-8H3,(H,34,41). The average molecular weight is 636 g/mol. The van der Waals surface area contributed by atoms with Crippen molar-refractivity contribution >= 4 is 42.2 Å². The normalized spacial score (nSPS) is 17.4.